The molecule has 4 aromatic rings. The highest BCUT2D eigenvalue weighted by Crippen LogP contribution is 2.40. The van der Waals surface area contributed by atoms with E-state index in [0.717, 1.165) is 22.4 Å². The maximum atomic E-state index is 12.8. The van der Waals surface area contributed by atoms with Crippen LogP contribution in [-0.2, 0) is 5.41 Å². The van der Waals surface area contributed by atoms with E-state index in [1.54, 1.807) is 30.5 Å². The van der Waals surface area contributed by atoms with Crippen LogP contribution in [0.2, 0.25) is 0 Å². The molecule has 0 radical (unpaired) electrons. The van der Waals surface area contributed by atoms with Crippen LogP contribution in [0.4, 0.5) is 10.5 Å². The molecule has 0 atom stereocenters. The second-order valence-corrected chi connectivity index (χ2v) is 9.10. The first-order valence-electron chi connectivity index (χ1n) is 11.0. The predicted molar refractivity (Wildman–Crippen MR) is 133 cm³/mol. The molecule has 2 aromatic carbocycles. The number of rotatable bonds is 5. The Kier molecular flexibility index (Phi) is 6.36. The second-order valence-electron chi connectivity index (χ2n) is 9.10. The fourth-order valence-corrected chi connectivity index (χ4v) is 3.80. The van der Waals surface area contributed by atoms with E-state index in [9.17, 15) is 4.79 Å². The van der Waals surface area contributed by atoms with E-state index in [0.29, 0.717) is 11.6 Å². The summed E-state index contributed by atoms with van der Waals surface area (Å²) in [6, 6.07) is 21.0. The summed E-state index contributed by atoms with van der Waals surface area (Å²) in [5, 5.41) is 4.20. The van der Waals surface area contributed by atoms with Crippen molar-refractivity contribution in [2.75, 3.05) is 19.0 Å². The number of pyridine rings is 1. The van der Waals surface area contributed by atoms with Crippen molar-refractivity contribution in [2.45, 2.75) is 26.2 Å². The number of carbonyl (C=O) groups excluding carboxylic acids is 1. The Balaban J connectivity index is 1.66. The van der Waals surface area contributed by atoms with Gasteiger partial charge in [-0.15, -0.1) is 0 Å². The molecule has 2 aromatic heterocycles. The summed E-state index contributed by atoms with van der Waals surface area (Å²) in [4.78, 5) is 19.1. The quantitative estimate of drug-likeness (QED) is 0.276. The fourth-order valence-electron chi connectivity index (χ4n) is 3.80. The molecule has 0 fully saturated rings. The molecular formula is C27H28N4O3. The van der Waals surface area contributed by atoms with E-state index in [1.165, 1.54) is 10.9 Å². The van der Waals surface area contributed by atoms with Crippen molar-refractivity contribution in [3.05, 3.63) is 84.7 Å². The van der Waals surface area contributed by atoms with Crippen LogP contribution in [0.15, 0.2) is 79.1 Å². The molecule has 0 amide bonds. The minimum Gasteiger partial charge on any atom is -0.394 e. The molecule has 174 valence electrons. The van der Waals surface area contributed by atoms with E-state index in [2.05, 4.69) is 54.0 Å². The maximum Gasteiger partial charge on any atom is 0.520 e. The van der Waals surface area contributed by atoms with Gasteiger partial charge in [-0.05, 0) is 46.9 Å². The van der Waals surface area contributed by atoms with E-state index in [-0.39, 0.29) is 11.3 Å². The van der Waals surface area contributed by atoms with Crippen LogP contribution < -0.4 is 14.4 Å². The van der Waals surface area contributed by atoms with Gasteiger partial charge in [0.25, 0.3) is 0 Å². The molecule has 0 spiro atoms. The molecule has 4 rings (SSSR count). The predicted octanol–water partition coefficient (Wildman–Crippen LogP) is 5.88. The Morgan fingerprint density at radius 3 is 2.41 bits per heavy atom. The normalized spacial score (nSPS) is 11.2. The van der Waals surface area contributed by atoms with Gasteiger partial charge in [0, 0.05) is 37.6 Å². The largest absolute Gasteiger partial charge is 0.520 e. The van der Waals surface area contributed by atoms with Gasteiger partial charge in [-0.2, -0.15) is 9.78 Å². The zero-order valence-electron chi connectivity index (χ0n) is 20.0. The number of aromatic nitrogens is 3. The van der Waals surface area contributed by atoms with Gasteiger partial charge < -0.3 is 14.4 Å². The molecule has 7 nitrogen and oxygen atoms in total. The first-order chi connectivity index (χ1) is 16.2. The number of hydrogen-bond donors (Lipinski definition) is 0. The van der Waals surface area contributed by atoms with Gasteiger partial charge in [-0.1, -0.05) is 51.1 Å². The van der Waals surface area contributed by atoms with Gasteiger partial charge in [0.1, 0.15) is 5.75 Å². The van der Waals surface area contributed by atoms with Crippen molar-refractivity contribution in [2.24, 2.45) is 0 Å². The molecule has 7 heteroatoms. The molecule has 0 saturated heterocycles. The topological polar surface area (TPSA) is 69.5 Å². The van der Waals surface area contributed by atoms with Crippen LogP contribution >= 0.6 is 0 Å². The van der Waals surface area contributed by atoms with Crippen LogP contribution in [0.1, 0.15) is 26.3 Å². The first kappa shape index (κ1) is 23.0. The Morgan fingerprint density at radius 1 is 0.912 bits per heavy atom. The monoisotopic (exact) mass is 456 g/mol. The minimum atomic E-state index is -0.845. The third kappa shape index (κ3) is 4.93. The number of hydrogen-bond acceptors (Lipinski definition) is 6. The molecule has 0 bridgehead atoms. The molecule has 0 saturated carbocycles. The molecule has 0 aliphatic carbocycles. The Hall–Kier alpha value is -4.13. The van der Waals surface area contributed by atoms with Gasteiger partial charge in [0.15, 0.2) is 5.82 Å². The third-order valence-electron chi connectivity index (χ3n) is 5.31. The lowest BCUT2D eigenvalue weighted by atomic mass is 9.81. The molecule has 2 heterocycles. The van der Waals surface area contributed by atoms with E-state index in [4.69, 9.17) is 9.47 Å². The Morgan fingerprint density at radius 2 is 1.71 bits per heavy atom. The lowest BCUT2D eigenvalue weighted by Gasteiger charge is -2.26. The molecule has 34 heavy (non-hydrogen) atoms. The highest BCUT2D eigenvalue weighted by molar-refractivity contribution is 5.76. The molecule has 0 aliphatic heterocycles. The van der Waals surface area contributed by atoms with Crippen LogP contribution in [0.25, 0.3) is 16.9 Å². The SMILES string of the molecule is CN(C)c1cccc(-c2cccc(OC(=O)Oc3ccnn3-c3ccccn3)c2C(C)(C)C)c1. The summed E-state index contributed by atoms with van der Waals surface area (Å²) in [6.45, 7) is 6.28. The number of anilines is 1. The minimum absolute atomic E-state index is 0.218. The Bertz CT molecular complexity index is 1290. The summed E-state index contributed by atoms with van der Waals surface area (Å²) in [5.74, 6) is 1.21. The van der Waals surface area contributed by atoms with Gasteiger partial charge >= 0.3 is 6.16 Å². The highest BCUT2D eigenvalue weighted by Gasteiger charge is 2.26. The summed E-state index contributed by atoms with van der Waals surface area (Å²) >= 11 is 0. The van der Waals surface area contributed by atoms with Crippen molar-refractivity contribution in [1.82, 2.24) is 14.8 Å². The Labute approximate surface area is 199 Å². The number of benzene rings is 2. The van der Waals surface area contributed by atoms with Gasteiger partial charge in [-0.3, -0.25) is 0 Å². The third-order valence-corrected chi connectivity index (χ3v) is 5.31. The van der Waals surface area contributed by atoms with Crippen molar-refractivity contribution >= 4 is 11.8 Å². The van der Waals surface area contributed by atoms with Gasteiger partial charge in [0.05, 0.1) is 6.20 Å². The van der Waals surface area contributed by atoms with Gasteiger partial charge in [-0.25, -0.2) is 9.78 Å². The van der Waals surface area contributed by atoms with E-state index in [1.807, 2.05) is 38.4 Å². The highest BCUT2D eigenvalue weighted by atomic mass is 16.7. The summed E-state index contributed by atoms with van der Waals surface area (Å²) in [7, 11) is 4.02. The molecular weight excluding hydrogens is 428 g/mol. The number of nitrogens with zero attached hydrogens (tertiary/aromatic N) is 4. The smallest absolute Gasteiger partial charge is 0.394 e. The second kappa shape index (κ2) is 9.39. The van der Waals surface area contributed by atoms with Crippen LogP contribution in [0, 0.1) is 0 Å². The summed E-state index contributed by atoms with van der Waals surface area (Å²) in [5.41, 5.74) is 3.76. The first-order valence-corrected chi connectivity index (χ1v) is 11.0. The maximum absolute atomic E-state index is 12.8. The van der Waals surface area contributed by atoms with Crippen LogP contribution in [-0.4, -0.2) is 35.0 Å². The molecule has 0 aliphatic rings. The number of carbonyl (C=O) groups is 1. The van der Waals surface area contributed by atoms with Crippen LogP contribution in [0.5, 0.6) is 11.6 Å². The van der Waals surface area contributed by atoms with Crippen molar-refractivity contribution in [3.63, 3.8) is 0 Å². The van der Waals surface area contributed by atoms with Gasteiger partial charge in [0.2, 0.25) is 5.88 Å². The van der Waals surface area contributed by atoms with Crippen molar-refractivity contribution < 1.29 is 14.3 Å². The summed E-state index contributed by atoms with van der Waals surface area (Å²) < 4.78 is 12.7. The number of ether oxygens (including phenoxy) is 2. The van der Waals surface area contributed by atoms with Crippen molar-refractivity contribution in [3.8, 4) is 28.6 Å². The molecule has 0 N–H and O–H groups in total. The van der Waals surface area contributed by atoms with Crippen LogP contribution in [0.3, 0.4) is 0 Å². The molecule has 0 unspecified atom stereocenters. The summed E-state index contributed by atoms with van der Waals surface area (Å²) in [6.07, 6.45) is 2.34. The van der Waals surface area contributed by atoms with Crippen molar-refractivity contribution in [1.29, 1.82) is 0 Å². The van der Waals surface area contributed by atoms with E-state index >= 15 is 0 Å². The zero-order chi connectivity index (χ0) is 24.3. The average Bonchev–Trinajstić information content (AvgIpc) is 3.26. The lowest BCUT2D eigenvalue weighted by molar-refractivity contribution is 0.148. The van der Waals surface area contributed by atoms with E-state index < -0.39 is 6.16 Å². The lowest BCUT2D eigenvalue weighted by Crippen LogP contribution is -2.20. The zero-order valence-corrected chi connectivity index (χ0v) is 20.0. The average molecular weight is 457 g/mol. The fraction of sp³-hybridized carbons (Fsp3) is 0.222. The standard InChI is InChI=1S/C27H28N4O3/c1-27(2,3)25-21(19-10-8-11-20(18-19)30(4)5)12-9-13-22(25)33-26(32)34-24-15-17-29-31(24)23-14-6-7-16-28-23/h6-18H,1-5H3.